The van der Waals surface area contributed by atoms with Crippen LogP contribution in [0.25, 0.3) is 0 Å². The molecule has 1 fully saturated rings. The summed E-state index contributed by atoms with van der Waals surface area (Å²) in [6.07, 6.45) is 0.571. The highest BCUT2D eigenvalue weighted by atomic mass is 16.7. The van der Waals surface area contributed by atoms with E-state index in [1.807, 2.05) is 0 Å². The first kappa shape index (κ1) is 32.0. The van der Waals surface area contributed by atoms with Crippen molar-refractivity contribution in [2.24, 2.45) is 11.8 Å². The first-order valence-corrected chi connectivity index (χ1v) is 14.2. The van der Waals surface area contributed by atoms with E-state index in [1.165, 1.54) is 12.3 Å². The van der Waals surface area contributed by atoms with E-state index in [0.29, 0.717) is 22.6 Å². The quantitative estimate of drug-likeness (QED) is 0.228. The average Bonchev–Trinajstić information content (AvgIpc) is 3.27. The van der Waals surface area contributed by atoms with Gasteiger partial charge < -0.3 is 29.0 Å². The summed E-state index contributed by atoms with van der Waals surface area (Å²) >= 11 is 0. The minimum atomic E-state index is -1.16. The van der Waals surface area contributed by atoms with Gasteiger partial charge in [0.1, 0.15) is 5.82 Å². The average molecular weight is 613 g/mol. The number of carbonyl (C=O) groups excluding carboxylic acids is 5. The van der Waals surface area contributed by atoms with Crippen LogP contribution in [0.4, 0.5) is 15.4 Å². The number of rotatable bonds is 10. The summed E-state index contributed by atoms with van der Waals surface area (Å²) in [5.74, 6) is -2.63. The van der Waals surface area contributed by atoms with Crippen molar-refractivity contribution in [3.63, 3.8) is 0 Å². The highest BCUT2D eigenvalue weighted by Gasteiger charge is 2.55. The number of anilines is 1. The number of β-lactam (4-membered cyclic amide) rings is 1. The van der Waals surface area contributed by atoms with Gasteiger partial charge in [-0.25, -0.2) is 24.3 Å². The van der Waals surface area contributed by atoms with Crippen molar-refractivity contribution in [1.82, 2.24) is 15.2 Å². The molecule has 3 unspecified atom stereocenters. The number of fused-ring (bicyclic) bond motifs is 1. The van der Waals surface area contributed by atoms with E-state index in [0.717, 1.165) is 4.90 Å². The van der Waals surface area contributed by atoms with Gasteiger partial charge in [-0.15, -0.1) is 0 Å². The highest BCUT2D eigenvalue weighted by Crippen LogP contribution is 2.40. The van der Waals surface area contributed by atoms with Crippen molar-refractivity contribution in [1.29, 1.82) is 0 Å². The molecule has 236 valence electrons. The molecule has 2 N–H and O–H groups in total. The van der Waals surface area contributed by atoms with E-state index in [-0.39, 0.29) is 24.8 Å². The number of hydrogen-bond acceptors (Lipinski definition) is 11. The Morgan fingerprint density at radius 2 is 1.75 bits per heavy atom. The van der Waals surface area contributed by atoms with E-state index >= 15 is 0 Å². The summed E-state index contributed by atoms with van der Waals surface area (Å²) in [7, 11) is 0. The van der Waals surface area contributed by atoms with E-state index < -0.39 is 60.6 Å². The second-order valence-corrected chi connectivity index (χ2v) is 11.0. The Bertz CT molecular complexity index is 1440. The molecule has 2 aliphatic rings. The van der Waals surface area contributed by atoms with Gasteiger partial charge in [0, 0.05) is 20.0 Å². The van der Waals surface area contributed by atoms with Gasteiger partial charge in [-0.1, -0.05) is 19.9 Å². The van der Waals surface area contributed by atoms with Crippen LogP contribution in [0, 0.1) is 11.8 Å². The summed E-state index contributed by atoms with van der Waals surface area (Å²) < 4.78 is 26.3. The molecule has 0 spiro atoms. The van der Waals surface area contributed by atoms with Crippen LogP contribution >= 0.6 is 0 Å². The third kappa shape index (κ3) is 7.36. The molecule has 2 aromatic rings. The number of amides is 4. The fraction of sp³-hybridized carbons (Fsp3) is 0.467. The van der Waals surface area contributed by atoms with Crippen LogP contribution in [0.1, 0.15) is 58.7 Å². The Morgan fingerprint density at radius 3 is 2.45 bits per heavy atom. The van der Waals surface area contributed by atoms with Gasteiger partial charge in [0.05, 0.1) is 24.5 Å². The third-order valence-electron chi connectivity index (χ3n) is 6.85. The fourth-order valence-corrected chi connectivity index (χ4v) is 4.69. The number of pyridine rings is 1. The van der Waals surface area contributed by atoms with E-state index in [9.17, 15) is 24.0 Å². The monoisotopic (exact) mass is 612 g/mol. The number of likely N-dealkylation sites (tertiary alicyclic amines) is 1. The maximum Gasteiger partial charge on any atom is 0.415 e. The van der Waals surface area contributed by atoms with Gasteiger partial charge in [-0.3, -0.25) is 14.9 Å². The summed E-state index contributed by atoms with van der Waals surface area (Å²) in [6, 6.07) is 5.96. The van der Waals surface area contributed by atoms with Gasteiger partial charge in [0.25, 0.3) is 0 Å². The topological polar surface area (TPSA) is 172 Å². The zero-order chi connectivity index (χ0) is 32.2. The van der Waals surface area contributed by atoms with Crippen LogP contribution in [0.3, 0.4) is 0 Å². The number of hydrogen-bond donors (Lipinski definition) is 2. The molecule has 44 heavy (non-hydrogen) atoms. The zero-order valence-electron chi connectivity index (χ0n) is 25.4. The number of esters is 2. The summed E-state index contributed by atoms with van der Waals surface area (Å²) in [5, 5.41) is 5.18. The lowest BCUT2D eigenvalue weighted by Gasteiger charge is -2.44. The second kappa shape index (κ2) is 13.2. The molecule has 3 atom stereocenters. The highest BCUT2D eigenvalue weighted by molar-refractivity contribution is 6.08. The lowest BCUT2D eigenvalue weighted by molar-refractivity contribution is -0.169. The molecule has 0 bridgehead atoms. The molecule has 1 aromatic heterocycles. The zero-order valence-corrected chi connectivity index (χ0v) is 25.4. The molecule has 0 saturated carbocycles. The number of urea groups is 1. The molecule has 4 rings (SSSR count). The Morgan fingerprint density at radius 1 is 1.02 bits per heavy atom. The van der Waals surface area contributed by atoms with Crippen molar-refractivity contribution in [2.75, 3.05) is 18.7 Å². The number of ether oxygens (including phenoxy) is 5. The van der Waals surface area contributed by atoms with Gasteiger partial charge in [0.2, 0.25) is 18.5 Å². The SMILES string of the molecule is CCOC(=O)C1C(Cc2ccnc(NC(=O)OCOC(=O)C(C)C)c2)C(=O)N1C(=O)NC(C)c1ccc2c(c1)OC(C)(C)O2. The van der Waals surface area contributed by atoms with Gasteiger partial charge in [0.15, 0.2) is 17.5 Å². The summed E-state index contributed by atoms with van der Waals surface area (Å²) in [5.41, 5.74) is 1.27. The van der Waals surface area contributed by atoms with E-state index in [4.69, 9.17) is 23.7 Å². The van der Waals surface area contributed by atoms with Gasteiger partial charge in [-0.2, -0.15) is 0 Å². The number of benzene rings is 1. The Labute approximate surface area is 254 Å². The first-order valence-electron chi connectivity index (χ1n) is 14.2. The molecule has 0 radical (unpaired) electrons. The molecule has 3 heterocycles. The molecule has 1 saturated heterocycles. The second-order valence-electron chi connectivity index (χ2n) is 11.0. The smallest absolute Gasteiger partial charge is 0.415 e. The predicted molar refractivity (Wildman–Crippen MR) is 153 cm³/mol. The summed E-state index contributed by atoms with van der Waals surface area (Å²) in [4.78, 5) is 67.9. The number of nitrogens with one attached hydrogen (secondary N) is 2. The number of imide groups is 1. The van der Waals surface area contributed by atoms with Crippen molar-refractivity contribution in [3.05, 3.63) is 47.7 Å². The molecule has 14 nitrogen and oxygen atoms in total. The first-order chi connectivity index (χ1) is 20.8. The van der Waals surface area contributed by atoms with Gasteiger partial charge >= 0.3 is 24.1 Å². The largest absolute Gasteiger partial charge is 0.464 e. The van der Waals surface area contributed by atoms with Crippen LogP contribution in [0.5, 0.6) is 11.5 Å². The van der Waals surface area contributed by atoms with Crippen molar-refractivity contribution < 1.29 is 47.7 Å². The van der Waals surface area contributed by atoms with Crippen LogP contribution in [-0.4, -0.2) is 65.1 Å². The van der Waals surface area contributed by atoms with Crippen LogP contribution in [0.2, 0.25) is 0 Å². The Hall–Kier alpha value is -4.88. The van der Waals surface area contributed by atoms with Crippen LogP contribution in [-0.2, 0) is 35.0 Å². The molecule has 4 amide bonds. The number of nitrogens with zero attached hydrogens (tertiary/aromatic N) is 2. The van der Waals surface area contributed by atoms with Crippen LogP contribution in [0.15, 0.2) is 36.5 Å². The maximum absolute atomic E-state index is 13.2. The standard InChI is InChI=1S/C30H36N4O10/c1-7-40-27(37)24-20(12-18-10-11-31-23(13-18)33-29(39)42-15-41-26(36)16(2)3)25(35)34(24)28(38)32-17(4)19-8-9-21-22(14-19)44-30(5,6)43-21/h8-11,13-14,16-17,20,24H,7,12,15H2,1-6H3,(H,32,38)(H,31,33,39). The Kier molecular flexibility index (Phi) is 9.60. The molecule has 0 aliphatic carbocycles. The Balaban J connectivity index is 1.39. The van der Waals surface area contributed by atoms with Crippen molar-refractivity contribution in [2.45, 2.75) is 65.8 Å². The van der Waals surface area contributed by atoms with E-state index in [1.54, 1.807) is 65.8 Å². The molecule has 14 heteroatoms. The normalized spacial score (nSPS) is 18.6. The number of carbonyl (C=O) groups is 5. The van der Waals surface area contributed by atoms with Crippen LogP contribution < -0.4 is 20.1 Å². The summed E-state index contributed by atoms with van der Waals surface area (Å²) in [6.45, 7) is 9.72. The third-order valence-corrected chi connectivity index (χ3v) is 6.85. The fourth-order valence-electron chi connectivity index (χ4n) is 4.69. The molecule has 1 aromatic carbocycles. The van der Waals surface area contributed by atoms with Crippen molar-refractivity contribution in [3.8, 4) is 11.5 Å². The lowest BCUT2D eigenvalue weighted by Crippen LogP contribution is -2.69. The van der Waals surface area contributed by atoms with Crippen molar-refractivity contribution >= 4 is 35.8 Å². The molecular formula is C30H36N4O10. The van der Waals surface area contributed by atoms with E-state index in [2.05, 4.69) is 15.6 Å². The minimum Gasteiger partial charge on any atom is -0.464 e. The molecular weight excluding hydrogens is 576 g/mol. The lowest BCUT2D eigenvalue weighted by atomic mass is 9.82. The minimum absolute atomic E-state index is 0.0631. The number of aromatic nitrogens is 1. The van der Waals surface area contributed by atoms with Gasteiger partial charge in [-0.05, 0) is 55.7 Å². The predicted octanol–water partition coefficient (Wildman–Crippen LogP) is 3.70. The maximum atomic E-state index is 13.2. The molecule has 2 aliphatic heterocycles.